The van der Waals surface area contributed by atoms with E-state index in [2.05, 4.69) is 10.6 Å². The van der Waals surface area contributed by atoms with Crippen LogP contribution in [0.4, 0.5) is 10.5 Å². The molecule has 1 saturated carbocycles. The van der Waals surface area contributed by atoms with Gasteiger partial charge in [-0.05, 0) is 52.0 Å². The standard InChI is InChI=1S/C27H40N4O5S2/c1-18(20-11-13-21(14-12-20)31(34)35)28-25(37)22(15-10-19-8-6-5-7-9-19)29-24(32)23-16-38-17-30(23)26(33)36-27(2,3)4/h11-14,18-19,22-23H,5-10,15-17H2,1-4H3,(H,28,37)(H,29,32)/t18-,22+,23+/m1/s1. The van der Waals surface area contributed by atoms with E-state index in [1.165, 1.54) is 60.9 Å². The number of nitrogens with one attached hydrogen (secondary N) is 2. The van der Waals surface area contributed by atoms with Gasteiger partial charge in [0.15, 0.2) is 0 Å². The summed E-state index contributed by atoms with van der Waals surface area (Å²) in [5.74, 6) is 1.29. The topological polar surface area (TPSA) is 114 Å². The molecule has 0 aromatic heterocycles. The number of thioether (sulfide) groups is 1. The van der Waals surface area contributed by atoms with Crippen molar-refractivity contribution in [1.82, 2.24) is 15.5 Å². The third-order valence-electron chi connectivity index (χ3n) is 7.00. The molecule has 0 unspecified atom stereocenters. The molecule has 0 bridgehead atoms. The minimum atomic E-state index is -0.645. The first-order valence-electron chi connectivity index (χ1n) is 13.4. The highest BCUT2D eigenvalue weighted by atomic mass is 32.2. The summed E-state index contributed by atoms with van der Waals surface area (Å²) in [5.41, 5.74) is 0.247. The molecular weight excluding hydrogens is 524 g/mol. The molecule has 1 aliphatic carbocycles. The van der Waals surface area contributed by atoms with E-state index in [1.54, 1.807) is 32.9 Å². The van der Waals surface area contributed by atoms with Gasteiger partial charge in [-0.15, -0.1) is 11.8 Å². The summed E-state index contributed by atoms with van der Waals surface area (Å²) < 4.78 is 5.52. The molecule has 1 saturated heterocycles. The molecule has 210 valence electrons. The van der Waals surface area contributed by atoms with Gasteiger partial charge in [0.25, 0.3) is 5.69 Å². The Kier molecular flexibility index (Phi) is 10.8. The average molecular weight is 565 g/mol. The van der Waals surface area contributed by atoms with E-state index in [0.717, 1.165) is 12.0 Å². The third-order valence-corrected chi connectivity index (χ3v) is 8.41. The summed E-state index contributed by atoms with van der Waals surface area (Å²) in [6.07, 6.45) is 7.35. The second kappa shape index (κ2) is 13.6. The van der Waals surface area contributed by atoms with Gasteiger partial charge in [0.2, 0.25) is 5.91 Å². The van der Waals surface area contributed by atoms with Crippen molar-refractivity contribution in [3.8, 4) is 0 Å². The van der Waals surface area contributed by atoms with Crippen molar-refractivity contribution >= 4 is 46.7 Å². The second-order valence-electron chi connectivity index (χ2n) is 11.2. The highest BCUT2D eigenvalue weighted by Gasteiger charge is 2.38. The first-order valence-corrected chi connectivity index (χ1v) is 14.9. The maximum absolute atomic E-state index is 13.4. The first kappa shape index (κ1) is 30.1. The maximum Gasteiger partial charge on any atom is 0.411 e. The lowest BCUT2D eigenvalue weighted by molar-refractivity contribution is -0.384. The lowest BCUT2D eigenvalue weighted by atomic mass is 9.85. The van der Waals surface area contributed by atoms with Gasteiger partial charge in [0.05, 0.1) is 21.8 Å². The number of non-ortho nitro benzene ring substituents is 1. The zero-order chi connectivity index (χ0) is 27.9. The van der Waals surface area contributed by atoms with Gasteiger partial charge in [-0.1, -0.05) is 56.5 Å². The van der Waals surface area contributed by atoms with Crippen molar-refractivity contribution in [2.75, 3.05) is 11.6 Å². The molecule has 2 fully saturated rings. The fourth-order valence-electron chi connectivity index (χ4n) is 4.86. The van der Waals surface area contributed by atoms with E-state index in [0.29, 0.717) is 29.0 Å². The fourth-order valence-corrected chi connectivity index (χ4v) is 6.35. The fraction of sp³-hybridized carbons (Fsp3) is 0.667. The van der Waals surface area contributed by atoms with Crippen molar-refractivity contribution in [3.05, 3.63) is 39.9 Å². The molecule has 1 aromatic carbocycles. The molecule has 3 atom stereocenters. The number of carbonyl (C=O) groups is 2. The SMILES string of the molecule is C[C@@H](NC(=S)[C@H](CCC1CCCCC1)NC(=O)[C@@H]1CSCN1C(=O)OC(C)(C)C)c1ccc([N+](=O)[O-])cc1. The van der Waals surface area contributed by atoms with Crippen LogP contribution in [0.25, 0.3) is 0 Å². The van der Waals surface area contributed by atoms with Gasteiger partial charge in [-0.25, -0.2) is 4.79 Å². The summed E-state index contributed by atoms with van der Waals surface area (Å²) >= 11 is 7.31. The van der Waals surface area contributed by atoms with Crippen LogP contribution in [0.5, 0.6) is 0 Å². The van der Waals surface area contributed by atoms with E-state index < -0.39 is 22.7 Å². The van der Waals surface area contributed by atoms with E-state index >= 15 is 0 Å². The van der Waals surface area contributed by atoms with Crippen LogP contribution >= 0.6 is 24.0 Å². The van der Waals surface area contributed by atoms with Crippen molar-refractivity contribution in [1.29, 1.82) is 0 Å². The number of amides is 2. The summed E-state index contributed by atoms with van der Waals surface area (Å²) in [5, 5.41) is 17.5. The van der Waals surface area contributed by atoms with Crippen molar-refractivity contribution < 1.29 is 19.2 Å². The van der Waals surface area contributed by atoms with Gasteiger partial charge in [0.1, 0.15) is 11.6 Å². The van der Waals surface area contributed by atoms with Gasteiger partial charge in [-0.2, -0.15) is 0 Å². The first-order chi connectivity index (χ1) is 17.9. The lowest BCUT2D eigenvalue weighted by Gasteiger charge is -2.30. The molecular formula is C27H40N4O5S2. The second-order valence-corrected chi connectivity index (χ2v) is 12.6. The minimum absolute atomic E-state index is 0.0325. The number of rotatable bonds is 9. The smallest absolute Gasteiger partial charge is 0.411 e. The Balaban J connectivity index is 1.68. The Hall–Kier alpha value is -2.40. The van der Waals surface area contributed by atoms with Crippen LogP contribution in [0.15, 0.2) is 24.3 Å². The molecule has 0 radical (unpaired) electrons. The van der Waals surface area contributed by atoms with Crippen molar-refractivity contribution in [2.24, 2.45) is 5.92 Å². The number of ether oxygens (including phenoxy) is 1. The van der Waals surface area contributed by atoms with E-state index in [-0.39, 0.29) is 23.7 Å². The maximum atomic E-state index is 13.4. The number of hydrogen-bond acceptors (Lipinski definition) is 7. The molecule has 38 heavy (non-hydrogen) atoms. The number of benzene rings is 1. The Bertz CT molecular complexity index is 992. The van der Waals surface area contributed by atoms with Crippen LogP contribution in [0.1, 0.15) is 84.2 Å². The summed E-state index contributed by atoms with van der Waals surface area (Å²) in [7, 11) is 0. The predicted molar refractivity (Wildman–Crippen MR) is 154 cm³/mol. The normalized spacial score (nSPS) is 19.9. The number of nitrogens with zero attached hydrogens (tertiary/aromatic N) is 2. The van der Waals surface area contributed by atoms with E-state index in [1.807, 2.05) is 6.92 Å². The zero-order valence-corrected chi connectivity index (χ0v) is 24.4. The highest BCUT2D eigenvalue weighted by molar-refractivity contribution is 7.99. The average Bonchev–Trinajstić information content (AvgIpc) is 3.36. The molecule has 2 aliphatic rings. The van der Waals surface area contributed by atoms with Crippen LogP contribution in [0.2, 0.25) is 0 Å². The number of hydrogen-bond donors (Lipinski definition) is 2. The van der Waals surface area contributed by atoms with Crippen molar-refractivity contribution in [3.63, 3.8) is 0 Å². The zero-order valence-electron chi connectivity index (χ0n) is 22.7. The van der Waals surface area contributed by atoms with E-state index in [9.17, 15) is 19.7 Å². The van der Waals surface area contributed by atoms with Crippen molar-refractivity contribution in [2.45, 2.75) is 96.4 Å². The highest BCUT2D eigenvalue weighted by Crippen LogP contribution is 2.29. The molecule has 1 aromatic rings. The largest absolute Gasteiger partial charge is 0.444 e. The Morgan fingerprint density at radius 3 is 2.45 bits per heavy atom. The molecule has 11 heteroatoms. The monoisotopic (exact) mass is 564 g/mol. The Morgan fingerprint density at radius 2 is 1.84 bits per heavy atom. The molecule has 1 heterocycles. The molecule has 9 nitrogen and oxygen atoms in total. The Labute approximate surface area is 235 Å². The molecule has 1 aliphatic heterocycles. The van der Waals surface area contributed by atoms with Gasteiger partial charge in [-0.3, -0.25) is 19.8 Å². The van der Waals surface area contributed by atoms with Crippen LogP contribution in [-0.4, -0.2) is 56.1 Å². The Morgan fingerprint density at radius 1 is 1.18 bits per heavy atom. The lowest BCUT2D eigenvalue weighted by Crippen LogP contribution is -2.54. The quantitative estimate of drug-likeness (QED) is 0.222. The number of nitro groups is 1. The van der Waals surface area contributed by atoms with Crippen LogP contribution < -0.4 is 10.6 Å². The van der Waals surface area contributed by atoms with Crippen LogP contribution in [0.3, 0.4) is 0 Å². The van der Waals surface area contributed by atoms with E-state index in [4.69, 9.17) is 17.0 Å². The van der Waals surface area contributed by atoms with Crippen LogP contribution in [0, 0.1) is 16.0 Å². The summed E-state index contributed by atoms with van der Waals surface area (Å²) in [4.78, 5) is 38.7. The predicted octanol–water partition coefficient (Wildman–Crippen LogP) is 5.73. The molecule has 2 amide bonds. The molecule has 0 spiro atoms. The van der Waals surface area contributed by atoms with Crippen LogP contribution in [-0.2, 0) is 9.53 Å². The van der Waals surface area contributed by atoms with Gasteiger partial charge < -0.3 is 15.4 Å². The number of nitro benzene ring substituents is 1. The minimum Gasteiger partial charge on any atom is -0.444 e. The summed E-state index contributed by atoms with van der Waals surface area (Å²) in [6, 6.07) is 5.17. The van der Waals surface area contributed by atoms with Gasteiger partial charge >= 0.3 is 6.09 Å². The van der Waals surface area contributed by atoms with Gasteiger partial charge in [0, 0.05) is 23.9 Å². The summed E-state index contributed by atoms with van der Waals surface area (Å²) in [6.45, 7) is 7.35. The molecule has 2 N–H and O–H groups in total. The number of carbonyl (C=O) groups excluding carboxylic acids is 2. The molecule has 3 rings (SSSR count). The third kappa shape index (κ3) is 8.83. The number of thiocarbonyl (C=S) groups is 1.